The SMILES string of the molecule is O=C(O)/C=C/c1ccc(CNC(=O)c2ccc(=O)[nH]c2)s1. The molecule has 2 rings (SSSR count). The Hall–Kier alpha value is -2.67. The second-order valence-corrected chi connectivity index (χ2v) is 5.30. The third-order valence-corrected chi connectivity index (χ3v) is 3.59. The normalized spacial score (nSPS) is 10.7. The summed E-state index contributed by atoms with van der Waals surface area (Å²) < 4.78 is 0. The first-order chi connectivity index (χ1) is 10.0. The van der Waals surface area contributed by atoms with E-state index in [0.29, 0.717) is 12.1 Å². The molecule has 1 amide bonds. The van der Waals surface area contributed by atoms with Crippen LogP contribution in [0.4, 0.5) is 0 Å². The van der Waals surface area contributed by atoms with Gasteiger partial charge in [0.2, 0.25) is 5.56 Å². The Kier molecular flexibility index (Phi) is 4.68. The van der Waals surface area contributed by atoms with Crippen molar-refractivity contribution in [1.82, 2.24) is 10.3 Å². The molecule has 0 aliphatic heterocycles. The molecular weight excluding hydrogens is 292 g/mol. The second-order valence-electron chi connectivity index (χ2n) is 4.10. The van der Waals surface area contributed by atoms with Crippen molar-refractivity contribution < 1.29 is 14.7 Å². The van der Waals surface area contributed by atoms with Crippen LogP contribution in [0.3, 0.4) is 0 Å². The average molecular weight is 304 g/mol. The van der Waals surface area contributed by atoms with E-state index < -0.39 is 5.97 Å². The number of nitrogens with one attached hydrogen (secondary N) is 2. The summed E-state index contributed by atoms with van der Waals surface area (Å²) in [4.78, 5) is 37.3. The number of aromatic nitrogens is 1. The second kappa shape index (κ2) is 6.67. The number of hydrogen-bond donors (Lipinski definition) is 3. The summed E-state index contributed by atoms with van der Waals surface area (Å²) in [6, 6.07) is 6.34. The van der Waals surface area contributed by atoms with Gasteiger partial charge in [-0.3, -0.25) is 9.59 Å². The first kappa shape index (κ1) is 14.7. The van der Waals surface area contributed by atoms with E-state index in [1.54, 1.807) is 6.07 Å². The Balaban J connectivity index is 1.94. The van der Waals surface area contributed by atoms with Gasteiger partial charge in [0.15, 0.2) is 0 Å². The number of H-pyrrole nitrogens is 1. The zero-order valence-corrected chi connectivity index (χ0v) is 11.6. The van der Waals surface area contributed by atoms with Crippen LogP contribution in [0, 0.1) is 0 Å². The van der Waals surface area contributed by atoms with Crippen LogP contribution in [0.1, 0.15) is 20.1 Å². The Morgan fingerprint density at radius 1 is 1.29 bits per heavy atom. The Morgan fingerprint density at radius 3 is 2.76 bits per heavy atom. The van der Waals surface area contributed by atoms with Crippen molar-refractivity contribution in [3.63, 3.8) is 0 Å². The number of rotatable bonds is 5. The molecule has 2 heterocycles. The average Bonchev–Trinajstić information content (AvgIpc) is 2.91. The summed E-state index contributed by atoms with van der Waals surface area (Å²) in [7, 11) is 0. The number of carbonyl (C=O) groups is 2. The maximum absolute atomic E-state index is 11.8. The Morgan fingerprint density at radius 2 is 2.10 bits per heavy atom. The molecular formula is C14H12N2O4S. The molecule has 0 saturated carbocycles. The first-order valence-electron chi connectivity index (χ1n) is 6.01. The number of pyridine rings is 1. The summed E-state index contributed by atoms with van der Waals surface area (Å²) in [6.07, 6.45) is 3.92. The van der Waals surface area contributed by atoms with Crippen LogP contribution in [0.2, 0.25) is 0 Å². The number of hydrogen-bond acceptors (Lipinski definition) is 4. The van der Waals surface area contributed by atoms with Gasteiger partial charge >= 0.3 is 5.97 Å². The molecule has 21 heavy (non-hydrogen) atoms. The maximum atomic E-state index is 11.8. The highest BCUT2D eigenvalue weighted by Gasteiger charge is 2.06. The molecule has 0 aromatic carbocycles. The number of amides is 1. The molecule has 0 radical (unpaired) electrons. The van der Waals surface area contributed by atoms with Gasteiger partial charge in [-0.15, -0.1) is 11.3 Å². The first-order valence-corrected chi connectivity index (χ1v) is 6.83. The largest absolute Gasteiger partial charge is 0.478 e. The molecule has 0 fully saturated rings. The third-order valence-electron chi connectivity index (χ3n) is 2.54. The lowest BCUT2D eigenvalue weighted by Gasteiger charge is -2.02. The minimum absolute atomic E-state index is 0.264. The van der Waals surface area contributed by atoms with Crippen LogP contribution in [0.5, 0.6) is 0 Å². The lowest BCUT2D eigenvalue weighted by molar-refractivity contribution is -0.131. The van der Waals surface area contributed by atoms with Gasteiger partial charge in [-0.2, -0.15) is 0 Å². The molecule has 3 N–H and O–H groups in total. The van der Waals surface area contributed by atoms with Crippen LogP contribution in [0.15, 0.2) is 41.3 Å². The highest BCUT2D eigenvalue weighted by molar-refractivity contribution is 7.12. The van der Waals surface area contributed by atoms with Crippen LogP contribution >= 0.6 is 11.3 Å². The molecule has 6 nitrogen and oxygen atoms in total. The van der Waals surface area contributed by atoms with E-state index in [4.69, 9.17) is 5.11 Å². The van der Waals surface area contributed by atoms with Crippen molar-refractivity contribution in [3.05, 3.63) is 62.2 Å². The topological polar surface area (TPSA) is 99.3 Å². The van der Waals surface area contributed by atoms with Gasteiger partial charge in [0.25, 0.3) is 5.91 Å². The summed E-state index contributed by atoms with van der Waals surface area (Å²) in [5, 5.41) is 11.3. The number of aromatic amines is 1. The minimum atomic E-state index is -1.00. The number of aliphatic carboxylic acids is 1. The molecule has 0 bridgehead atoms. The van der Waals surface area contributed by atoms with Crippen molar-refractivity contribution in [2.45, 2.75) is 6.54 Å². The fourth-order valence-corrected chi connectivity index (χ4v) is 2.41. The van der Waals surface area contributed by atoms with E-state index in [2.05, 4.69) is 10.3 Å². The molecule has 7 heteroatoms. The number of carboxylic acids is 1. The van der Waals surface area contributed by atoms with Crippen molar-refractivity contribution in [2.24, 2.45) is 0 Å². The maximum Gasteiger partial charge on any atom is 0.328 e. The molecule has 0 saturated heterocycles. The lowest BCUT2D eigenvalue weighted by Crippen LogP contribution is -2.23. The van der Waals surface area contributed by atoms with Crippen LogP contribution in [-0.4, -0.2) is 22.0 Å². The molecule has 0 atom stereocenters. The molecule has 0 aliphatic carbocycles. The predicted octanol–water partition coefficient (Wildman–Crippen LogP) is 1.46. The number of carbonyl (C=O) groups excluding carboxylic acids is 1. The fourth-order valence-electron chi connectivity index (χ4n) is 1.55. The van der Waals surface area contributed by atoms with Gasteiger partial charge in [-0.05, 0) is 24.3 Å². The fraction of sp³-hybridized carbons (Fsp3) is 0.0714. The van der Waals surface area contributed by atoms with E-state index >= 15 is 0 Å². The third kappa shape index (κ3) is 4.43. The van der Waals surface area contributed by atoms with E-state index in [0.717, 1.165) is 15.8 Å². The van der Waals surface area contributed by atoms with Gasteiger partial charge in [0.1, 0.15) is 0 Å². The standard InChI is InChI=1S/C14H12N2O4S/c17-12-5-1-9(7-15-12)14(20)16-8-11-3-2-10(21-11)4-6-13(18)19/h1-7H,8H2,(H,15,17)(H,16,20)(H,18,19)/b6-4+. The number of thiophene rings is 1. The Bertz CT molecular complexity index is 725. The summed E-state index contributed by atoms with van der Waals surface area (Å²) in [5.74, 6) is -1.29. The highest BCUT2D eigenvalue weighted by atomic mass is 32.1. The van der Waals surface area contributed by atoms with Gasteiger partial charge in [-0.1, -0.05) is 0 Å². The van der Waals surface area contributed by atoms with Crippen LogP contribution in [0.25, 0.3) is 6.08 Å². The zero-order chi connectivity index (χ0) is 15.2. The van der Waals surface area contributed by atoms with Crippen molar-refractivity contribution in [2.75, 3.05) is 0 Å². The lowest BCUT2D eigenvalue weighted by atomic mass is 10.2. The zero-order valence-electron chi connectivity index (χ0n) is 10.8. The van der Waals surface area contributed by atoms with Crippen LogP contribution in [-0.2, 0) is 11.3 Å². The van der Waals surface area contributed by atoms with Gasteiger partial charge in [-0.25, -0.2) is 4.79 Å². The van der Waals surface area contributed by atoms with Gasteiger partial charge < -0.3 is 15.4 Å². The van der Waals surface area contributed by atoms with Gasteiger partial charge in [0.05, 0.1) is 12.1 Å². The van der Waals surface area contributed by atoms with Crippen molar-refractivity contribution >= 4 is 29.3 Å². The molecule has 2 aromatic heterocycles. The van der Waals surface area contributed by atoms with Crippen molar-refractivity contribution in [3.8, 4) is 0 Å². The Labute approximate surface area is 123 Å². The molecule has 108 valence electrons. The van der Waals surface area contributed by atoms with E-state index in [-0.39, 0.29) is 11.5 Å². The van der Waals surface area contributed by atoms with E-state index in [1.807, 2.05) is 6.07 Å². The van der Waals surface area contributed by atoms with Gasteiger partial charge in [0, 0.05) is 28.1 Å². The molecule has 0 aliphatic rings. The van der Waals surface area contributed by atoms with E-state index in [9.17, 15) is 14.4 Å². The summed E-state index contributed by atoms with van der Waals surface area (Å²) in [6.45, 7) is 0.337. The molecule has 0 spiro atoms. The minimum Gasteiger partial charge on any atom is -0.478 e. The number of carboxylic acid groups (broad SMARTS) is 1. The molecule has 2 aromatic rings. The van der Waals surface area contributed by atoms with Crippen LogP contribution < -0.4 is 10.9 Å². The quantitative estimate of drug-likeness (QED) is 0.728. The smallest absolute Gasteiger partial charge is 0.328 e. The van der Waals surface area contributed by atoms with E-state index in [1.165, 1.54) is 35.7 Å². The summed E-state index contributed by atoms with van der Waals surface area (Å²) in [5.41, 5.74) is 0.108. The monoisotopic (exact) mass is 304 g/mol. The summed E-state index contributed by atoms with van der Waals surface area (Å²) >= 11 is 1.39. The highest BCUT2D eigenvalue weighted by Crippen LogP contribution is 2.17. The predicted molar refractivity (Wildman–Crippen MR) is 79.2 cm³/mol. The van der Waals surface area contributed by atoms with Crippen molar-refractivity contribution in [1.29, 1.82) is 0 Å². The molecule has 0 unspecified atom stereocenters.